The van der Waals surface area contributed by atoms with Crippen molar-refractivity contribution in [2.45, 2.75) is 24.5 Å². The van der Waals surface area contributed by atoms with Crippen LogP contribution in [0.4, 0.5) is 0 Å². The molecule has 0 saturated heterocycles. The van der Waals surface area contributed by atoms with Gasteiger partial charge in [-0.15, -0.1) is 0 Å². The molecule has 4 rings (SSSR count). The second-order valence-corrected chi connectivity index (χ2v) is 11.7. The van der Waals surface area contributed by atoms with Crippen LogP contribution in [0.15, 0.2) is 121 Å². The molecule has 0 N–H and O–H groups in total. The molecule has 0 aromatic heterocycles. The Balaban J connectivity index is 1.59. The van der Waals surface area contributed by atoms with Gasteiger partial charge in [0.05, 0.1) is 0 Å². The quantitative estimate of drug-likeness (QED) is 0.232. The van der Waals surface area contributed by atoms with Crippen molar-refractivity contribution in [1.82, 2.24) is 0 Å². The van der Waals surface area contributed by atoms with Crippen LogP contribution in [0.25, 0.3) is 0 Å². The van der Waals surface area contributed by atoms with E-state index in [-0.39, 0.29) is 0 Å². The zero-order valence-corrected chi connectivity index (χ0v) is 19.7. The van der Waals surface area contributed by atoms with Crippen molar-refractivity contribution in [3.05, 3.63) is 144 Å². The molecule has 4 heteroatoms. The standard InChI is InChI=1S/3C7H7O.C7H7.Ti/c3*8-6-7-4-2-1-3-5-7;1-7-5-3-2-4-6-7;/h3*1-5H,6H2;2-6H,1H2;/q3*-1;;+3. The summed E-state index contributed by atoms with van der Waals surface area (Å²) in [6, 6.07) is 41.0. The van der Waals surface area contributed by atoms with Crippen molar-refractivity contribution in [3.8, 4) is 0 Å². The van der Waals surface area contributed by atoms with E-state index in [2.05, 4.69) is 48.5 Å². The van der Waals surface area contributed by atoms with E-state index in [9.17, 15) is 0 Å². The first-order valence-electron chi connectivity index (χ1n) is 10.9. The predicted octanol–water partition coefficient (Wildman–Crippen LogP) is 6.74. The summed E-state index contributed by atoms with van der Waals surface area (Å²) < 4.78 is 20.5. The van der Waals surface area contributed by atoms with Gasteiger partial charge in [0.25, 0.3) is 0 Å². The molecule has 4 aromatic carbocycles. The molecular formula is C28H28O3Ti. The molecule has 0 aliphatic carbocycles. The summed E-state index contributed by atoms with van der Waals surface area (Å²) >= 11 is -3.73. The molecule has 0 aliphatic rings. The number of hydrogen-bond donors (Lipinski definition) is 0. The summed E-state index contributed by atoms with van der Waals surface area (Å²) in [5.41, 5.74) is 4.51. The molecule has 0 amide bonds. The average molecular weight is 460 g/mol. The zero-order valence-electron chi connectivity index (χ0n) is 18.1. The molecule has 0 heterocycles. The van der Waals surface area contributed by atoms with Gasteiger partial charge in [-0.05, 0) is 0 Å². The van der Waals surface area contributed by atoms with Gasteiger partial charge in [-0.25, -0.2) is 0 Å². The first-order valence-corrected chi connectivity index (χ1v) is 13.9. The minimum atomic E-state index is -3.73. The van der Waals surface area contributed by atoms with E-state index >= 15 is 0 Å². The molecule has 0 unspecified atom stereocenters. The Morgan fingerprint density at radius 2 is 0.656 bits per heavy atom. The Labute approximate surface area is 195 Å². The second-order valence-electron chi connectivity index (χ2n) is 7.67. The molecule has 0 saturated carbocycles. The van der Waals surface area contributed by atoms with Gasteiger partial charge in [-0.1, -0.05) is 0 Å². The zero-order chi connectivity index (χ0) is 21.9. The monoisotopic (exact) mass is 460 g/mol. The average Bonchev–Trinajstić information content (AvgIpc) is 2.87. The molecule has 0 spiro atoms. The minimum absolute atomic E-state index is 0.469. The van der Waals surface area contributed by atoms with E-state index in [0.29, 0.717) is 24.5 Å². The van der Waals surface area contributed by atoms with E-state index < -0.39 is 17.8 Å². The van der Waals surface area contributed by atoms with Crippen molar-refractivity contribution in [2.75, 3.05) is 0 Å². The normalized spacial score (nSPS) is 11.4. The van der Waals surface area contributed by atoms with E-state index in [1.807, 2.05) is 72.8 Å². The van der Waals surface area contributed by atoms with Crippen LogP contribution in [0.1, 0.15) is 22.3 Å². The summed E-state index contributed by atoms with van der Waals surface area (Å²) in [7, 11) is 0. The van der Waals surface area contributed by atoms with E-state index in [1.54, 1.807) is 0 Å². The van der Waals surface area contributed by atoms with Crippen molar-refractivity contribution in [3.63, 3.8) is 0 Å². The summed E-state index contributed by atoms with van der Waals surface area (Å²) in [5, 5.41) is 0. The molecule has 0 aliphatic heterocycles. The Morgan fingerprint density at radius 1 is 0.375 bits per heavy atom. The molecule has 0 atom stereocenters. The first-order chi connectivity index (χ1) is 15.8. The predicted molar refractivity (Wildman–Crippen MR) is 124 cm³/mol. The Bertz CT molecular complexity index is 935. The first kappa shape index (κ1) is 22.7. The van der Waals surface area contributed by atoms with Crippen molar-refractivity contribution in [1.29, 1.82) is 0 Å². The fourth-order valence-electron chi connectivity index (χ4n) is 3.43. The van der Waals surface area contributed by atoms with Crippen LogP contribution in [0.2, 0.25) is 0 Å². The Kier molecular flexibility index (Phi) is 8.44. The Hall–Kier alpha value is -2.53. The van der Waals surface area contributed by atoms with Crippen LogP contribution in [0.5, 0.6) is 0 Å². The van der Waals surface area contributed by atoms with Crippen LogP contribution in [-0.2, 0) is 52.3 Å². The summed E-state index contributed by atoms with van der Waals surface area (Å²) in [5.74, 6) is 0. The van der Waals surface area contributed by atoms with E-state index in [1.165, 1.54) is 5.56 Å². The van der Waals surface area contributed by atoms with Crippen LogP contribution < -0.4 is 0 Å². The molecule has 162 valence electrons. The van der Waals surface area contributed by atoms with Crippen molar-refractivity contribution in [2.24, 2.45) is 0 Å². The van der Waals surface area contributed by atoms with E-state index in [0.717, 1.165) is 16.7 Å². The topological polar surface area (TPSA) is 27.7 Å². The molecule has 0 radical (unpaired) electrons. The maximum absolute atomic E-state index is 6.61. The number of benzene rings is 4. The van der Waals surface area contributed by atoms with Crippen LogP contribution in [0, 0.1) is 0 Å². The third-order valence-corrected chi connectivity index (χ3v) is 9.22. The van der Waals surface area contributed by atoms with Gasteiger partial charge in [0, 0.05) is 0 Å². The molecular weight excluding hydrogens is 432 g/mol. The van der Waals surface area contributed by atoms with Gasteiger partial charge in [0.15, 0.2) is 0 Å². The van der Waals surface area contributed by atoms with E-state index in [4.69, 9.17) is 9.96 Å². The summed E-state index contributed by atoms with van der Waals surface area (Å²) in [4.78, 5) is 0. The van der Waals surface area contributed by atoms with Crippen molar-refractivity contribution >= 4 is 0 Å². The summed E-state index contributed by atoms with van der Waals surface area (Å²) in [6.45, 7) is 1.41. The third-order valence-electron chi connectivity index (χ3n) is 5.17. The van der Waals surface area contributed by atoms with Crippen LogP contribution in [0.3, 0.4) is 0 Å². The maximum atomic E-state index is 6.61. The van der Waals surface area contributed by atoms with Gasteiger partial charge in [-0.2, -0.15) is 0 Å². The van der Waals surface area contributed by atoms with Gasteiger partial charge in [-0.3, -0.25) is 0 Å². The summed E-state index contributed by atoms with van der Waals surface area (Å²) in [6.07, 6.45) is 0. The van der Waals surface area contributed by atoms with Gasteiger partial charge < -0.3 is 0 Å². The molecule has 0 fully saturated rings. The van der Waals surface area contributed by atoms with Gasteiger partial charge in [0.1, 0.15) is 0 Å². The van der Waals surface area contributed by atoms with Gasteiger partial charge in [0.2, 0.25) is 0 Å². The SMILES string of the molecule is c1ccc(C[O][Ti]([CH2]c2ccccc2)([O]Cc2ccccc2)[O]Cc2ccccc2)cc1. The Morgan fingerprint density at radius 3 is 0.969 bits per heavy atom. The second kappa shape index (κ2) is 11.9. The molecule has 0 bridgehead atoms. The molecule has 3 nitrogen and oxygen atoms in total. The fraction of sp³-hybridized carbons (Fsp3) is 0.143. The van der Waals surface area contributed by atoms with Crippen LogP contribution >= 0.6 is 0 Å². The third kappa shape index (κ3) is 6.99. The number of hydrogen-bond acceptors (Lipinski definition) is 3. The molecule has 4 aromatic rings. The van der Waals surface area contributed by atoms with Crippen LogP contribution in [-0.4, -0.2) is 0 Å². The fourth-order valence-corrected chi connectivity index (χ4v) is 7.25. The number of rotatable bonds is 11. The molecule has 32 heavy (non-hydrogen) atoms. The van der Waals surface area contributed by atoms with Gasteiger partial charge >= 0.3 is 196 Å². The van der Waals surface area contributed by atoms with Crippen molar-refractivity contribution < 1.29 is 27.7 Å².